The molecule has 0 fully saturated rings. The molecule has 3 nitrogen and oxygen atoms in total. The molecule has 0 aliphatic heterocycles. The molecule has 0 unspecified atom stereocenters. The Labute approximate surface area is 135 Å². The number of anilines is 1. The summed E-state index contributed by atoms with van der Waals surface area (Å²) < 4.78 is 0. The molecule has 0 amide bonds. The third-order valence-corrected chi connectivity index (χ3v) is 4.96. The van der Waals surface area contributed by atoms with E-state index in [2.05, 4.69) is 51.8 Å². The van der Waals surface area contributed by atoms with E-state index in [1.165, 1.54) is 28.5 Å². The highest BCUT2D eigenvalue weighted by molar-refractivity contribution is 7.15. The smallest absolute Gasteiger partial charge is 0.186 e. The van der Waals surface area contributed by atoms with E-state index in [0.29, 0.717) is 12.0 Å². The van der Waals surface area contributed by atoms with E-state index < -0.39 is 0 Å². The molecule has 0 spiro atoms. The summed E-state index contributed by atoms with van der Waals surface area (Å²) in [4.78, 5) is 8.91. The summed E-state index contributed by atoms with van der Waals surface area (Å²) in [5, 5.41) is 4.67. The summed E-state index contributed by atoms with van der Waals surface area (Å²) in [6.45, 7) is 16.6. The largest absolute Gasteiger partial charge is 0.345 e. The number of nitrogens with one attached hydrogen (secondary N) is 1. The summed E-state index contributed by atoms with van der Waals surface area (Å²) in [6, 6.07) is 0.607. The van der Waals surface area contributed by atoms with Gasteiger partial charge in [-0.15, -0.1) is 11.3 Å². The summed E-state index contributed by atoms with van der Waals surface area (Å²) in [5.74, 6) is 0.664. The number of rotatable bonds is 10. The maximum absolute atomic E-state index is 4.96. The average Bonchev–Trinajstić information content (AvgIpc) is 2.87. The van der Waals surface area contributed by atoms with Crippen LogP contribution in [0.4, 0.5) is 5.13 Å². The first-order valence-corrected chi connectivity index (χ1v) is 9.34. The fraction of sp³-hybridized carbons (Fsp3) is 0.824. The topological polar surface area (TPSA) is 28.2 Å². The van der Waals surface area contributed by atoms with Gasteiger partial charge in [0.15, 0.2) is 5.13 Å². The summed E-state index contributed by atoms with van der Waals surface area (Å²) in [6.07, 6.45) is 3.40. The van der Waals surface area contributed by atoms with Gasteiger partial charge in [0.1, 0.15) is 0 Å². The second-order valence-corrected chi connectivity index (χ2v) is 7.08. The van der Waals surface area contributed by atoms with Gasteiger partial charge >= 0.3 is 0 Å². The van der Waals surface area contributed by atoms with Gasteiger partial charge in [0.25, 0.3) is 0 Å². The molecule has 0 aromatic carbocycles. The highest BCUT2D eigenvalue weighted by atomic mass is 32.1. The van der Waals surface area contributed by atoms with Crippen molar-refractivity contribution < 1.29 is 0 Å². The SMILES string of the molecule is CCNCc1sc(N(CC(C)C)C(CC)CC)nc1CC. The molecule has 1 heterocycles. The molecule has 0 bridgehead atoms. The maximum Gasteiger partial charge on any atom is 0.186 e. The quantitative estimate of drug-likeness (QED) is 0.691. The second-order valence-electron chi connectivity index (χ2n) is 6.02. The van der Waals surface area contributed by atoms with E-state index in [-0.39, 0.29) is 0 Å². The van der Waals surface area contributed by atoms with Crippen molar-refractivity contribution in [1.82, 2.24) is 10.3 Å². The monoisotopic (exact) mass is 311 g/mol. The standard InChI is InChI=1S/C17H33N3S/c1-7-14(8-2)20(12-13(5)6)17-19-15(9-3)16(21-17)11-18-10-4/h13-14,18H,7-12H2,1-6H3. The maximum atomic E-state index is 4.96. The summed E-state index contributed by atoms with van der Waals surface area (Å²) in [5.41, 5.74) is 1.27. The molecule has 0 aliphatic carbocycles. The third-order valence-electron chi connectivity index (χ3n) is 3.83. The van der Waals surface area contributed by atoms with Gasteiger partial charge in [-0.05, 0) is 31.7 Å². The van der Waals surface area contributed by atoms with Crippen LogP contribution in [0.5, 0.6) is 0 Å². The number of aryl methyl sites for hydroxylation is 1. The van der Waals surface area contributed by atoms with Gasteiger partial charge in [0.05, 0.1) is 5.69 Å². The lowest BCUT2D eigenvalue weighted by atomic mass is 10.1. The van der Waals surface area contributed by atoms with Crippen LogP contribution in [0.25, 0.3) is 0 Å². The van der Waals surface area contributed by atoms with Crippen molar-refractivity contribution in [3.05, 3.63) is 10.6 Å². The van der Waals surface area contributed by atoms with Crippen LogP contribution in [-0.4, -0.2) is 24.1 Å². The van der Waals surface area contributed by atoms with Gasteiger partial charge in [-0.1, -0.05) is 41.5 Å². The lowest BCUT2D eigenvalue weighted by Gasteiger charge is -2.31. The van der Waals surface area contributed by atoms with Gasteiger partial charge in [0, 0.05) is 24.0 Å². The first-order valence-electron chi connectivity index (χ1n) is 8.53. The molecule has 0 atom stereocenters. The molecule has 0 saturated carbocycles. The van der Waals surface area contributed by atoms with Crippen LogP contribution in [0, 0.1) is 5.92 Å². The van der Waals surface area contributed by atoms with Gasteiger partial charge < -0.3 is 10.2 Å². The van der Waals surface area contributed by atoms with Crippen molar-refractivity contribution >= 4 is 16.5 Å². The van der Waals surface area contributed by atoms with Crippen LogP contribution >= 0.6 is 11.3 Å². The minimum Gasteiger partial charge on any atom is -0.345 e. The van der Waals surface area contributed by atoms with Crippen LogP contribution in [0.15, 0.2) is 0 Å². The molecule has 1 aromatic heterocycles. The molecule has 21 heavy (non-hydrogen) atoms. The zero-order valence-electron chi connectivity index (χ0n) is 14.7. The molecular formula is C17H33N3S. The summed E-state index contributed by atoms with van der Waals surface area (Å²) >= 11 is 1.89. The molecule has 1 aromatic rings. The molecule has 0 saturated heterocycles. The van der Waals surface area contributed by atoms with Crippen molar-refractivity contribution in [2.45, 2.75) is 73.4 Å². The third kappa shape index (κ3) is 5.26. The predicted molar refractivity (Wildman–Crippen MR) is 95.4 cm³/mol. The molecule has 0 aliphatic rings. The Bertz CT molecular complexity index is 397. The average molecular weight is 312 g/mol. The van der Waals surface area contributed by atoms with E-state index >= 15 is 0 Å². The van der Waals surface area contributed by atoms with Crippen molar-refractivity contribution in [2.24, 2.45) is 5.92 Å². The Balaban J connectivity index is 3.03. The molecular weight excluding hydrogens is 278 g/mol. The Morgan fingerprint density at radius 1 is 1.14 bits per heavy atom. The number of hydrogen-bond acceptors (Lipinski definition) is 4. The lowest BCUT2D eigenvalue weighted by Crippen LogP contribution is -2.37. The number of aromatic nitrogens is 1. The van der Waals surface area contributed by atoms with E-state index in [1.54, 1.807) is 0 Å². The van der Waals surface area contributed by atoms with Crippen LogP contribution in [0.1, 0.15) is 65.0 Å². The molecule has 1 rings (SSSR count). The Morgan fingerprint density at radius 3 is 2.29 bits per heavy atom. The number of hydrogen-bond donors (Lipinski definition) is 1. The van der Waals surface area contributed by atoms with Gasteiger partial charge in [-0.3, -0.25) is 0 Å². The van der Waals surface area contributed by atoms with Gasteiger partial charge in [-0.2, -0.15) is 0 Å². The predicted octanol–water partition coefficient (Wildman–Crippen LogP) is 4.47. The minimum absolute atomic E-state index is 0.607. The molecule has 122 valence electrons. The van der Waals surface area contributed by atoms with Crippen LogP contribution in [0.3, 0.4) is 0 Å². The van der Waals surface area contributed by atoms with E-state index in [0.717, 1.165) is 26.1 Å². The van der Waals surface area contributed by atoms with E-state index in [9.17, 15) is 0 Å². The second kappa shape index (κ2) is 9.42. The number of nitrogens with zero attached hydrogens (tertiary/aromatic N) is 2. The highest BCUT2D eigenvalue weighted by Gasteiger charge is 2.21. The summed E-state index contributed by atoms with van der Waals surface area (Å²) in [7, 11) is 0. The minimum atomic E-state index is 0.607. The van der Waals surface area contributed by atoms with Crippen LogP contribution < -0.4 is 10.2 Å². The van der Waals surface area contributed by atoms with Crippen molar-refractivity contribution in [2.75, 3.05) is 18.0 Å². The van der Waals surface area contributed by atoms with Crippen LogP contribution in [-0.2, 0) is 13.0 Å². The van der Waals surface area contributed by atoms with E-state index in [1.807, 2.05) is 11.3 Å². The van der Waals surface area contributed by atoms with Crippen molar-refractivity contribution in [1.29, 1.82) is 0 Å². The zero-order valence-corrected chi connectivity index (χ0v) is 15.5. The molecule has 0 radical (unpaired) electrons. The van der Waals surface area contributed by atoms with E-state index in [4.69, 9.17) is 4.98 Å². The van der Waals surface area contributed by atoms with Crippen molar-refractivity contribution in [3.63, 3.8) is 0 Å². The fourth-order valence-corrected chi connectivity index (χ4v) is 3.85. The van der Waals surface area contributed by atoms with Gasteiger partial charge in [0.2, 0.25) is 0 Å². The number of thiazole rings is 1. The normalized spacial score (nSPS) is 11.6. The Hall–Kier alpha value is -0.610. The zero-order chi connectivity index (χ0) is 15.8. The molecule has 4 heteroatoms. The van der Waals surface area contributed by atoms with Gasteiger partial charge in [-0.25, -0.2) is 4.98 Å². The fourth-order valence-electron chi connectivity index (χ4n) is 2.65. The highest BCUT2D eigenvalue weighted by Crippen LogP contribution is 2.30. The lowest BCUT2D eigenvalue weighted by molar-refractivity contribution is 0.506. The first-order chi connectivity index (χ1) is 10.1. The first kappa shape index (κ1) is 18.4. The van der Waals surface area contributed by atoms with Crippen molar-refractivity contribution in [3.8, 4) is 0 Å². The Kier molecular flexibility index (Phi) is 8.27. The molecule has 1 N–H and O–H groups in total. The Morgan fingerprint density at radius 2 is 1.81 bits per heavy atom. The van der Waals surface area contributed by atoms with Crippen LogP contribution in [0.2, 0.25) is 0 Å².